The lowest BCUT2D eigenvalue weighted by molar-refractivity contribution is -0.137. The molecule has 0 aliphatic carbocycles. The van der Waals surface area contributed by atoms with Gasteiger partial charge in [-0.15, -0.1) is 0 Å². The number of carbonyl (C=O) groups excluding carboxylic acids is 2. The van der Waals surface area contributed by atoms with Gasteiger partial charge in [-0.25, -0.2) is 0 Å². The zero-order valence-electron chi connectivity index (χ0n) is 12.9. The standard InChI is InChI=1S/C17H20BrFN2O2/c18-14-4-1-5-15(8-14)21-11-13(7-16(21)22)17(23)20-6-2-3-12(9-19)10-20/h1,4-5,8,12-13H,2-3,6-7,9-11H2. The number of piperidine rings is 1. The summed E-state index contributed by atoms with van der Waals surface area (Å²) in [6, 6.07) is 7.52. The van der Waals surface area contributed by atoms with Crippen molar-refractivity contribution in [1.82, 2.24) is 4.90 Å². The minimum absolute atomic E-state index is 0.00556. The van der Waals surface area contributed by atoms with Crippen molar-refractivity contribution in [3.8, 4) is 0 Å². The maximum atomic E-state index is 12.9. The quantitative estimate of drug-likeness (QED) is 0.805. The predicted octanol–water partition coefficient (Wildman–Crippen LogP) is 3.01. The highest BCUT2D eigenvalue weighted by Gasteiger charge is 2.38. The lowest BCUT2D eigenvalue weighted by atomic mass is 9.97. The van der Waals surface area contributed by atoms with Gasteiger partial charge in [0.2, 0.25) is 11.8 Å². The molecule has 23 heavy (non-hydrogen) atoms. The highest BCUT2D eigenvalue weighted by molar-refractivity contribution is 9.10. The van der Waals surface area contributed by atoms with Crippen molar-refractivity contribution in [2.24, 2.45) is 11.8 Å². The monoisotopic (exact) mass is 382 g/mol. The Bertz CT molecular complexity index is 610. The summed E-state index contributed by atoms with van der Waals surface area (Å²) in [6.45, 7) is 1.19. The molecule has 2 unspecified atom stereocenters. The first-order chi connectivity index (χ1) is 11.1. The van der Waals surface area contributed by atoms with E-state index < -0.39 is 0 Å². The smallest absolute Gasteiger partial charge is 0.228 e. The topological polar surface area (TPSA) is 40.6 Å². The molecule has 1 aromatic carbocycles. The van der Waals surface area contributed by atoms with Gasteiger partial charge in [-0.1, -0.05) is 22.0 Å². The third kappa shape index (κ3) is 3.57. The summed E-state index contributed by atoms with van der Waals surface area (Å²) in [7, 11) is 0. The largest absolute Gasteiger partial charge is 0.342 e. The summed E-state index contributed by atoms with van der Waals surface area (Å²) >= 11 is 3.40. The Morgan fingerprint density at radius 2 is 2.17 bits per heavy atom. The number of benzene rings is 1. The summed E-state index contributed by atoms with van der Waals surface area (Å²) in [4.78, 5) is 28.4. The van der Waals surface area contributed by atoms with Crippen molar-refractivity contribution in [1.29, 1.82) is 0 Å². The number of halogens is 2. The third-order valence-corrected chi connectivity index (χ3v) is 5.14. The van der Waals surface area contributed by atoms with Gasteiger partial charge in [0.1, 0.15) is 0 Å². The molecule has 124 valence electrons. The van der Waals surface area contributed by atoms with Crippen LogP contribution in [0.15, 0.2) is 28.7 Å². The van der Waals surface area contributed by atoms with Crippen LogP contribution in [0.3, 0.4) is 0 Å². The molecule has 3 rings (SSSR count). The number of rotatable bonds is 3. The third-order valence-electron chi connectivity index (χ3n) is 4.64. The second-order valence-corrected chi connectivity index (χ2v) is 7.25. The molecule has 1 aromatic rings. The normalized spacial score (nSPS) is 25.0. The van der Waals surface area contributed by atoms with Gasteiger partial charge in [-0.2, -0.15) is 0 Å². The summed E-state index contributed by atoms with van der Waals surface area (Å²) in [5.41, 5.74) is 0.806. The van der Waals surface area contributed by atoms with E-state index in [1.54, 1.807) is 9.80 Å². The summed E-state index contributed by atoms with van der Waals surface area (Å²) < 4.78 is 13.8. The highest BCUT2D eigenvalue weighted by Crippen LogP contribution is 2.29. The van der Waals surface area contributed by atoms with E-state index in [2.05, 4.69) is 15.9 Å². The number of alkyl halides is 1. The van der Waals surface area contributed by atoms with E-state index in [-0.39, 0.29) is 36.7 Å². The molecule has 2 saturated heterocycles. The van der Waals surface area contributed by atoms with Crippen LogP contribution < -0.4 is 4.90 Å². The Morgan fingerprint density at radius 3 is 2.91 bits per heavy atom. The highest BCUT2D eigenvalue weighted by atomic mass is 79.9. The lowest BCUT2D eigenvalue weighted by Crippen LogP contribution is -2.44. The van der Waals surface area contributed by atoms with Crippen molar-refractivity contribution in [2.45, 2.75) is 19.3 Å². The molecule has 6 heteroatoms. The van der Waals surface area contributed by atoms with Gasteiger partial charge in [0, 0.05) is 42.1 Å². The number of carbonyl (C=O) groups is 2. The van der Waals surface area contributed by atoms with Crippen LogP contribution in [0.1, 0.15) is 19.3 Å². The second-order valence-electron chi connectivity index (χ2n) is 6.33. The average Bonchev–Trinajstić information content (AvgIpc) is 2.96. The Hall–Kier alpha value is -1.43. The zero-order valence-corrected chi connectivity index (χ0v) is 14.5. The summed E-state index contributed by atoms with van der Waals surface area (Å²) in [5.74, 6) is -0.402. The molecule has 0 saturated carbocycles. The Kier molecular flexibility index (Phi) is 4.99. The van der Waals surface area contributed by atoms with E-state index in [4.69, 9.17) is 0 Å². The number of likely N-dealkylation sites (tertiary alicyclic amines) is 1. The van der Waals surface area contributed by atoms with Gasteiger partial charge in [0.05, 0.1) is 12.6 Å². The number of nitrogens with zero attached hydrogens (tertiary/aromatic N) is 2. The van der Waals surface area contributed by atoms with Crippen LogP contribution in [-0.4, -0.2) is 43.0 Å². The molecule has 2 amide bonds. The number of hydrogen-bond donors (Lipinski definition) is 0. The Morgan fingerprint density at radius 1 is 1.35 bits per heavy atom. The minimum Gasteiger partial charge on any atom is -0.342 e. The fourth-order valence-electron chi connectivity index (χ4n) is 3.42. The first kappa shape index (κ1) is 16.4. The van der Waals surface area contributed by atoms with Gasteiger partial charge in [0.25, 0.3) is 0 Å². The van der Waals surface area contributed by atoms with Crippen LogP contribution in [-0.2, 0) is 9.59 Å². The van der Waals surface area contributed by atoms with Crippen LogP contribution in [0.25, 0.3) is 0 Å². The molecular weight excluding hydrogens is 363 g/mol. The van der Waals surface area contributed by atoms with E-state index >= 15 is 0 Å². The first-order valence-electron chi connectivity index (χ1n) is 7.99. The second kappa shape index (κ2) is 6.99. The fourth-order valence-corrected chi connectivity index (χ4v) is 3.80. The van der Waals surface area contributed by atoms with E-state index in [9.17, 15) is 14.0 Å². The summed E-state index contributed by atoms with van der Waals surface area (Å²) in [5, 5.41) is 0. The molecule has 0 spiro atoms. The Balaban J connectivity index is 1.68. The van der Waals surface area contributed by atoms with Crippen LogP contribution in [0.2, 0.25) is 0 Å². The molecule has 2 heterocycles. The Labute approximate surface area is 143 Å². The minimum atomic E-state index is -0.377. The van der Waals surface area contributed by atoms with Gasteiger partial charge in [0.15, 0.2) is 0 Å². The molecule has 2 aliphatic rings. The van der Waals surface area contributed by atoms with Gasteiger partial charge >= 0.3 is 0 Å². The first-order valence-corrected chi connectivity index (χ1v) is 8.78. The maximum absolute atomic E-state index is 12.9. The number of amides is 2. The van der Waals surface area contributed by atoms with Crippen LogP contribution >= 0.6 is 15.9 Å². The average molecular weight is 383 g/mol. The van der Waals surface area contributed by atoms with Crippen molar-refractivity contribution in [3.05, 3.63) is 28.7 Å². The van der Waals surface area contributed by atoms with Crippen molar-refractivity contribution in [2.75, 3.05) is 31.2 Å². The maximum Gasteiger partial charge on any atom is 0.228 e. The van der Waals surface area contributed by atoms with Gasteiger partial charge in [-0.05, 0) is 31.0 Å². The van der Waals surface area contributed by atoms with Gasteiger partial charge < -0.3 is 9.80 Å². The molecule has 2 atom stereocenters. The molecule has 0 aromatic heterocycles. The lowest BCUT2D eigenvalue weighted by Gasteiger charge is -2.33. The van der Waals surface area contributed by atoms with Crippen molar-refractivity contribution in [3.63, 3.8) is 0 Å². The molecular formula is C17H20BrFN2O2. The van der Waals surface area contributed by atoms with E-state index in [1.807, 2.05) is 24.3 Å². The number of anilines is 1. The van der Waals surface area contributed by atoms with Gasteiger partial charge in [-0.3, -0.25) is 14.0 Å². The van der Waals surface area contributed by atoms with Crippen LogP contribution in [0, 0.1) is 11.8 Å². The van der Waals surface area contributed by atoms with Crippen molar-refractivity contribution >= 4 is 33.4 Å². The van der Waals surface area contributed by atoms with Crippen LogP contribution in [0.5, 0.6) is 0 Å². The molecule has 2 aliphatic heterocycles. The molecule has 4 nitrogen and oxygen atoms in total. The molecule has 0 bridgehead atoms. The summed E-state index contributed by atoms with van der Waals surface area (Å²) in [6.07, 6.45) is 1.92. The van der Waals surface area contributed by atoms with E-state index in [1.165, 1.54) is 0 Å². The zero-order chi connectivity index (χ0) is 16.4. The van der Waals surface area contributed by atoms with Crippen molar-refractivity contribution < 1.29 is 14.0 Å². The molecule has 0 N–H and O–H groups in total. The predicted molar refractivity (Wildman–Crippen MR) is 89.9 cm³/mol. The fraction of sp³-hybridized carbons (Fsp3) is 0.529. The molecule has 2 fully saturated rings. The van der Waals surface area contributed by atoms with Crippen LogP contribution in [0.4, 0.5) is 10.1 Å². The van der Waals surface area contributed by atoms with E-state index in [0.29, 0.717) is 19.6 Å². The SMILES string of the molecule is O=C(C1CC(=O)N(c2cccc(Br)c2)C1)N1CCCC(CF)C1. The van der Waals surface area contributed by atoms with E-state index in [0.717, 1.165) is 23.0 Å². The molecule has 0 radical (unpaired) electrons. The number of hydrogen-bond acceptors (Lipinski definition) is 2.